The Balaban J connectivity index is 1.67. The van der Waals surface area contributed by atoms with Crippen LogP contribution < -0.4 is 0 Å². The summed E-state index contributed by atoms with van der Waals surface area (Å²) in [5.74, 6) is 0.00490. The maximum absolute atomic E-state index is 13.3. The summed E-state index contributed by atoms with van der Waals surface area (Å²) in [6.07, 6.45) is 3.44. The fourth-order valence-corrected chi connectivity index (χ4v) is 4.18. The van der Waals surface area contributed by atoms with Crippen LogP contribution in [0.4, 0.5) is 0 Å². The number of amides is 1. The van der Waals surface area contributed by atoms with Gasteiger partial charge in [0.1, 0.15) is 17.1 Å². The smallest absolute Gasteiger partial charge is 0.273 e. The van der Waals surface area contributed by atoms with Gasteiger partial charge >= 0.3 is 0 Å². The van der Waals surface area contributed by atoms with Crippen molar-refractivity contribution in [1.82, 2.24) is 20.1 Å². The van der Waals surface area contributed by atoms with Crippen molar-refractivity contribution in [3.8, 4) is 17.0 Å². The Labute approximate surface area is 181 Å². The number of pyridine rings is 1. The minimum absolute atomic E-state index is 0.121. The summed E-state index contributed by atoms with van der Waals surface area (Å²) < 4.78 is 0.963. The summed E-state index contributed by atoms with van der Waals surface area (Å²) in [7, 11) is 0. The maximum Gasteiger partial charge on any atom is 0.273 e. The van der Waals surface area contributed by atoms with E-state index in [0.29, 0.717) is 23.5 Å². The van der Waals surface area contributed by atoms with Gasteiger partial charge < -0.3 is 10.0 Å². The zero-order chi connectivity index (χ0) is 20.7. The highest BCUT2D eigenvalue weighted by Gasteiger charge is 2.42. The van der Waals surface area contributed by atoms with Gasteiger partial charge in [-0.3, -0.25) is 14.9 Å². The average Bonchev–Trinajstić information content (AvgIpc) is 3.30. The Bertz CT molecular complexity index is 1220. The summed E-state index contributed by atoms with van der Waals surface area (Å²) >= 11 is 3.48. The Morgan fingerprint density at radius 3 is 2.50 bits per heavy atom. The molecule has 1 atom stereocenters. The van der Waals surface area contributed by atoms with Gasteiger partial charge in [0.15, 0.2) is 0 Å². The van der Waals surface area contributed by atoms with Crippen LogP contribution in [-0.2, 0) is 6.54 Å². The summed E-state index contributed by atoms with van der Waals surface area (Å²) in [6, 6.07) is 18.4. The van der Waals surface area contributed by atoms with E-state index in [0.717, 1.165) is 21.2 Å². The highest BCUT2D eigenvalue weighted by atomic mass is 79.9. The third-order valence-electron chi connectivity index (χ3n) is 5.31. The van der Waals surface area contributed by atoms with Crippen LogP contribution in [0.15, 0.2) is 77.5 Å². The molecule has 5 rings (SSSR count). The number of hydrogen-bond acceptors (Lipinski definition) is 4. The summed E-state index contributed by atoms with van der Waals surface area (Å²) in [5, 5.41) is 17.7. The fourth-order valence-electron chi connectivity index (χ4n) is 3.92. The molecule has 7 heteroatoms. The monoisotopic (exact) mass is 460 g/mol. The van der Waals surface area contributed by atoms with Crippen LogP contribution in [0.3, 0.4) is 0 Å². The number of phenols is 1. The number of rotatable bonds is 4. The Morgan fingerprint density at radius 2 is 1.77 bits per heavy atom. The molecular formula is C23H17BrN4O2. The number of nitrogens with one attached hydrogen (secondary N) is 1. The van der Waals surface area contributed by atoms with E-state index < -0.39 is 0 Å². The van der Waals surface area contributed by atoms with Gasteiger partial charge in [0.2, 0.25) is 0 Å². The molecule has 6 nitrogen and oxygen atoms in total. The second-order valence-corrected chi connectivity index (χ2v) is 8.04. The molecule has 0 bridgehead atoms. The zero-order valence-electron chi connectivity index (χ0n) is 15.8. The van der Waals surface area contributed by atoms with Crippen molar-refractivity contribution in [3.05, 3.63) is 99.9 Å². The van der Waals surface area contributed by atoms with Crippen molar-refractivity contribution < 1.29 is 9.90 Å². The number of phenolic OH excluding ortho intramolecular Hbond substituents is 1. The lowest BCUT2D eigenvalue weighted by Gasteiger charge is -2.26. The van der Waals surface area contributed by atoms with Crippen LogP contribution in [0.5, 0.6) is 5.75 Å². The highest BCUT2D eigenvalue weighted by Crippen LogP contribution is 2.45. The van der Waals surface area contributed by atoms with Gasteiger partial charge in [0, 0.05) is 34.5 Å². The normalized spacial score (nSPS) is 15.4. The molecule has 4 aromatic rings. The van der Waals surface area contributed by atoms with Crippen LogP contribution in [0.25, 0.3) is 11.3 Å². The number of halogens is 1. The third kappa shape index (κ3) is 3.07. The molecule has 0 radical (unpaired) electrons. The molecule has 2 aromatic heterocycles. The SMILES string of the molecule is O=C1c2[nH]nc(-c3ccccc3O)c2C(c2ccc(Br)cc2)N1Cc1ccncc1. The molecule has 148 valence electrons. The molecule has 30 heavy (non-hydrogen) atoms. The first-order chi connectivity index (χ1) is 14.6. The number of nitrogens with zero attached hydrogens (tertiary/aromatic N) is 3. The molecule has 2 N–H and O–H groups in total. The van der Waals surface area contributed by atoms with Crippen LogP contribution in [-0.4, -0.2) is 31.1 Å². The lowest BCUT2D eigenvalue weighted by Crippen LogP contribution is -2.29. The summed E-state index contributed by atoms with van der Waals surface area (Å²) in [6.45, 7) is 0.435. The number of carbonyl (C=O) groups is 1. The Morgan fingerprint density at radius 1 is 1.03 bits per heavy atom. The molecule has 0 spiro atoms. The summed E-state index contributed by atoms with van der Waals surface area (Å²) in [5.41, 5.74) is 4.37. The number of para-hydroxylation sites is 1. The van der Waals surface area contributed by atoms with Gasteiger partial charge in [-0.1, -0.05) is 40.2 Å². The van der Waals surface area contributed by atoms with Crippen molar-refractivity contribution in [1.29, 1.82) is 0 Å². The summed E-state index contributed by atoms with van der Waals surface area (Å²) in [4.78, 5) is 19.2. The van der Waals surface area contributed by atoms with Crippen LogP contribution in [0, 0.1) is 0 Å². The maximum atomic E-state index is 13.3. The highest BCUT2D eigenvalue weighted by molar-refractivity contribution is 9.10. The minimum atomic E-state index is -0.331. The molecule has 1 aliphatic rings. The van der Waals surface area contributed by atoms with Crippen LogP contribution in [0.2, 0.25) is 0 Å². The predicted octanol–water partition coefficient (Wildman–Crippen LogP) is 4.69. The van der Waals surface area contributed by atoms with Crippen LogP contribution in [0.1, 0.15) is 33.2 Å². The van der Waals surface area contributed by atoms with Gasteiger partial charge in [0.05, 0.1) is 6.04 Å². The number of carbonyl (C=O) groups excluding carboxylic acids is 1. The van der Waals surface area contributed by atoms with Crippen LogP contribution >= 0.6 is 15.9 Å². The topological polar surface area (TPSA) is 82.1 Å². The van der Waals surface area contributed by atoms with Crippen molar-refractivity contribution in [3.63, 3.8) is 0 Å². The van der Waals surface area contributed by atoms with Gasteiger partial charge in [0.25, 0.3) is 5.91 Å². The zero-order valence-corrected chi connectivity index (χ0v) is 17.4. The van der Waals surface area contributed by atoms with E-state index in [4.69, 9.17) is 0 Å². The van der Waals surface area contributed by atoms with E-state index in [1.165, 1.54) is 0 Å². The molecule has 2 aromatic carbocycles. The second kappa shape index (κ2) is 7.42. The van der Waals surface area contributed by atoms with Gasteiger partial charge in [-0.25, -0.2) is 0 Å². The number of aromatic nitrogens is 3. The largest absolute Gasteiger partial charge is 0.507 e. The average molecular weight is 461 g/mol. The third-order valence-corrected chi connectivity index (χ3v) is 5.84. The quantitative estimate of drug-likeness (QED) is 0.462. The Hall–Kier alpha value is -3.45. The molecular weight excluding hydrogens is 444 g/mol. The minimum Gasteiger partial charge on any atom is -0.507 e. The molecule has 1 amide bonds. The lowest BCUT2D eigenvalue weighted by molar-refractivity contribution is 0.0730. The van der Waals surface area contributed by atoms with E-state index in [1.807, 2.05) is 47.4 Å². The Kier molecular flexibility index (Phi) is 4.59. The van der Waals surface area contributed by atoms with E-state index in [-0.39, 0.29) is 17.7 Å². The van der Waals surface area contributed by atoms with Crippen molar-refractivity contribution >= 4 is 21.8 Å². The number of fused-ring (bicyclic) bond motifs is 1. The first-order valence-corrected chi connectivity index (χ1v) is 10.2. The standard InChI is InChI=1S/C23H17BrN4O2/c24-16-7-5-15(6-8-16)22-19-20(17-3-1-2-4-18(17)29)26-27-21(19)23(30)28(22)13-14-9-11-25-12-10-14/h1-12,22,29H,13H2,(H,26,27). The number of aromatic amines is 1. The number of benzene rings is 2. The molecule has 0 saturated heterocycles. The van der Waals surface area contributed by atoms with Gasteiger partial charge in [-0.2, -0.15) is 5.10 Å². The van der Waals surface area contributed by atoms with E-state index >= 15 is 0 Å². The van der Waals surface area contributed by atoms with E-state index in [1.54, 1.807) is 30.6 Å². The fraction of sp³-hybridized carbons (Fsp3) is 0.0870. The first kappa shape index (κ1) is 18.6. The molecule has 3 heterocycles. The van der Waals surface area contributed by atoms with Crippen molar-refractivity contribution in [2.24, 2.45) is 0 Å². The number of hydrogen-bond donors (Lipinski definition) is 2. The first-order valence-electron chi connectivity index (χ1n) is 9.45. The lowest BCUT2D eigenvalue weighted by atomic mass is 9.95. The molecule has 1 unspecified atom stereocenters. The molecule has 0 saturated carbocycles. The molecule has 0 fully saturated rings. The molecule has 0 aliphatic carbocycles. The van der Waals surface area contributed by atoms with Crippen molar-refractivity contribution in [2.75, 3.05) is 0 Å². The van der Waals surface area contributed by atoms with Crippen molar-refractivity contribution in [2.45, 2.75) is 12.6 Å². The second-order valence-electron chi connectivity index (χ2n) is 7.12. The van der Waals surface area contributed by atoms with Gasteiger partial charge in [-0.15, -0.1) is 0 Å². The predicted molar refractivity (Wildman–Crippen MR) is 116 cm³/mol. The van der Waals surface area contributed by atoms with Gasteiger partial charge in [-0.05, 0) is 47.5 Å². The number of H-pyrrole nitrogens is 1. The molecule has 1 aliphatic heterocycles. The number of aromatic hydroxyl groups is 1. The van der Waals surface area contributed by atoms with E-state index in [9.17, 15) is 9.90 Å². The van der Waals surface area contributed by atoms with E-state index in [2.05, 4.69) is 31.1 Å².